The summed E-state index contributed by atoms with van der Waals surface area (Å²) < 4.78 is 26.9. The molecule has 2 unspecified atom stereocenters. The van der Waals surface area contributed by atoms with Crippen molar-refractivity contribution >= 4 is 10.0 Å². The van der Waals surface area contributed by atoms with Crippen LogP contribution in [0.15, 0.2) is 24.4 Å². The van der Waals surface area contributed by atoms with Gasteiger partial charge in [-0.15, -0.1) is 0 Å². The van der Waals surface area contributed by atoms with E-state index in [1.807, 2.05) is 25.1 Å². The Bertz CT molecular complexity index is 484. The highest BCUT2D eigenvalue weighted by atomic mass is 32.2. The second-order valence-corrected chi connectivity index (χ2v) is 6.89. The Balaban J connectivity index is 1.93. The van der Waals surface area contributed by atoms with E-state index >= 15 is 0 Å². The quantitative estimate of drug-likeness (QED) is 0.848. The van der Waals surface area contributed by atoms with E-state index in [9.17, 15) is 8.42 Å². The van der Waals surface area contributed by atoms with Gasteiger partial charge in [-0.2, -0.15) is 0 Å². The molecule has 1 saturated heterocycles. The van der Waals surface area contributed by atoms with E-state index in [1.54, 1.807) is 6.20 Å². The molecule has 0 bridgehead atoms. The van der Waals surface area contributed by atoms with Crippen molar-refractivity contribution in [1.29, 1.82) is 0 Å². The smallest absolute Gasteiger partial charge is 0.212 e. The van der Waals surface area contributed by atoms with Crippen LogP contribution < -0.4 is 10.0 Å². The highest BCUT2D eigenvalue weighted by Crippen LogP contribution is 2.15. The molecule has 1 aromatic heterocycles. The number of nitrogens with one attached hydrogen (secondary N) is 2. The number of sulfonamides is 1. The molecule has 0 amide bonds. The average Bonchev–Trinajstić information content (AvgIpc) is 2.39. The standard InChI is InChI=1S/C13H21N3O2S/c1-11(13-6-2-3-8-15-13)16-19(17,18)10-12-5-4-7-14-9-12/h2-3,6,8,11-12,14,16H,4-5,7,9-10H2,1H3. The summed E-state index contributed by atoms with van der Waals surface area (Å²) in [6.45, 7) is 3.60. The molecular formula is C13H21N3O2S. The van der Waals surface area contributed by atoms with Crippen LogP contribution in [0.25, 0.3) is 0 Å². The maximum Gasteiger partial charge on any atom is 0.212 e. The van der Waals surface area contributed by atoms with E-state index < -0.39 is 10.0 Å². The van der Waals surface area contributed by atoms with Crippen molar-refractivity contribution in [1.82, 2.24) is 15.0 Å². The fourth-order valence-electron chi connectivity index (χ4n) is 2.39. The minimum absolute atomic E-state index is 0.192. The largest absolute Gasteiger partial charge is 0.316 e. The van der Waals surface area contributed by atoms with Gasteiger partial charge in [-0.05, 0) is 50.9 Å². The van der Waals surface area contributed by atoms with E-state index in [1.165, 1.54) is 0 Å². The molecule has 2 rings (SSSR count). The molecule has 5 nitrogen and oxygen atoms in total. The summed E-state index contributed by atoms with van der Waals surface area (Å²) >= 11 is 0. The van der Waals surface area contributed by atoms with Crippen LogP contribution in [0, 0.1) is 5.92 Å². The van der Waals surface area contributed by atoms with Crippen molar-refractivity contribution < 1.29 is 8.42 Å². The molecule has 1 aliphatic heterocycles. The number of pyridine rings is 1. The van der Waals surface area contributed by atoms with Crippen LogP contribution >= 0.6 is 0 Å². The summed E-state index contributed by atoms with van der Waals surface area (Å²) in [6, 6.07) is 5.22. The first-order valence-electron chi connectivity index (χ1n) is 6.68. The van der Waals surface area contributed by atoms with Gasteiger partial charge < -0.3 is 5.32 Å². The molecule has 106 valence electrons. The van der Waals surface area contributed by atoms with Crippen LogP contribution in [0.5, 0.6) is 0 Å². The van der Waals surface area contributed by atoms with Gasteiger partial charge >= 0.3 is 0 Å². The minimum atomic E-state index is -3.26. The molecular weight excluding hydrogens is 262 g/mol. The van der Waals surface area contributed by atoms with Gasteiger partial charge in [0.25, 0.3) is 0 Å². The molecule has 2 N–H and O–H groups in total. The summed E-state index contributed by atoms with van der Waals surface area (Å²) in [4.78, 5) is 4.17. The topological polar surface area (TPSA) is 71.1 Å². The van der Waals surface area contributed by atoms with Gasteiger partial charge in [-0.3, -0.25) is 4.98 Å². The van der Waals surface area contributed by atoms with Crippen molar-refractivity contribution in [2.45, 2.75) is 25.8 Å². The molecule has 1 aliphatic rings. The van der Waals surface area contributed by atoms with Crippen LogP contribution in [0.4, 0.5) is 0 Å². The second kappa shape index (κ2) is 6.45. The lowest BCUT2D eigenvalue weighted by atomic mass is 10.0. The van der Waals surface area contributed by atoms with Crippen LogP contribution in [0.1, 0.15) is 31.5 Å². The lowest BCUT2D eigenvalue weighted by molar-refractivity contribution is 0.402. The van der Waals surface area contributed by atoms with E-state index in [0.29, 0.717) is 0 Å². The van der Waals surface area contributed by atoms with E-state index in [4.69, 9.17) is 0 Å². The zero-order valence-electron chi connectivity index (χ0n) is 11.2. The number of rotatable bonds is 5. The normalized spacial score (nSPS) is 22.1. The molecule has 2 atom stereocenters. The summed E-state index contributed by atoms with van der Waals surface area (Å²) in [5.41, 5.74) is 0.743. The predicted molar refractivity (Wildman–Crippen MR) is 75.2 cm³/mol. The first kappa shape index (κ1) is 14.4. The Morgan fingerprint density at radius 3 is 3.00 bits per heavy atom. The van der Waals surface area contributed by atoms with Gasteiger partial charge in [0.05, 0.1) is 17.5 Å². The fraction of sp³-hybridized carbons (Fsp3) is 0.615. The lowest BCUT2D eigenvalue weighted by Crippen LogP contribution is -2.38. The van der Waals surface area contributed by atoms with Crippen LogP contribution in [-0.4, -0.2) is 32.2 Å². The Labute approximate surface area is 114 Å². The summed E-state index contributed by atoms with van der Waals surface area (Å²) in [5, 5.41) is 3.24. The molecule has 1 fully saturated rings. The summed E-state index contributed by atoms with van der Waals surface area (Å²) in [5.74, 6) is 0.402. The summed E-state index contributed by atoms with van der Waals surface area (Å²) in [6.07, 6.45) is 3.70. The lowest BCUT2D eigenvalue weighted by Gasteiger charge is -2.23. The first-order valence-corrected chi connectivity index (χ1v) is 8.34. The van der Waals surface area contributed by atoms with Gasteiger partial charge in [0.1, 0.15) is 0 Å². The average molecular weight is 283 g/mol. The highest BCUT2D eigenvalue weighted by molar-refractivity contribution is 7.89. The Morgan fingerprint density at radius 2 is 2.37 bits per heavy atom. The third-order valence-electron chi connectivity index (χ3n) is 3.34. The van der Waals surface area contributed by atoms with Crippen LogP contribution in [0.2, 0.25) is 0 Å². The van der Waals surface area contributed by atoms with Crippen molar-refractivity contribution in [2.24, 2.45) is 5.92 Å². The number of hydrogen-bond acceptors (Lipinski definition) is 4. The molecule has 2 heterocycles. The van der Waals surface area contributed by atoms with E-state index in [0.717, 1.165) is 31.6 Å². The minimum Gasteiger partial charge on any atom is -0.316 e. The van der Waals surface area contributed by atoms with Gasteiger partial charge in [0, 0.05) is 6.20 Å². The van der Waals surface area contributed by atoms with Crippen LogP contribution in [0.3, 0.4) is 0 Å². The van der Waals surface area contributed by atoms with Crippen molar-refractivity contribution in [3.05, 3.63) is 30.1 Å². The van der Waals surface area contributed by atoms with Crippen molar-refractivity contribution in [2.75, 3.05) is 18.8 Å². The second-order valence-electron chi connectivity index (χ2n) is 5.09. The van der Waals surface area contributed by atoms with E-state index in [-0.39, 0.29) is 17.7 Å². The predicted octanol–water partition coefficient (Wildman–Crippen LogP) is 1.06. The van der Waals surface area contributed by atoms with Crippen molar-refractivity contribution in [3.63, 3.8) is 0 Å². The van der Waals surface area contributed by atoms with Gasteiger partial charge in [-0.25, -0.2) is 13.1 Å². The molecule has 0 aromatic carbocycles. The molecule has 0 saturated carbocycles. The van der Waals surface area contributed by atoms with Crippen LogP contribution in [-0.2, 0) is 10.0 Å². The summed E-state index contributed by atoms with van der Waals surface area (Å²) in [7, 11) is -3.26. The van der Waals surface area contributed by atoms with Gasteiger partial charge in [-0.1, -0.05) is 6.07 Å². The number of hydrogen-bond donors (Lipinski definition) is 2. The molecule has 0 radical (unpaired) electrons. The monoisotopic (exact) mass is 283 g/mol. The molecule has 0 spiro atoms. The Hall–Kier alpha value is -0.980. The molecule has 1 aromatic rings. The Kier molecular flexibility index (Phi) is 4.90. The highest BCUT2D eigenvalue weighted by Gasteiger charge is 2.23. The molecule has 19 heavy (non-hydrogen) atoms. The maximum absolute atomic E-state index is 12.1. The SMILES string of the molecule is CC(NS(=O)(=O)CC1CCCNC1)c1ccccn1. The van der Waals surface area contributed by atoms with Gasteiger partial charge in [0.2, 0.25) is 10.0 Å². The van der Waals surface area contributed by atoms with Gasteiger partial charge in [0.15, 0.2) is 0 Å². The van der Waals surface area contributed by atoms with E-state index in [2.05, 4.69) is 15.0 Å². The Morgan fingerprint density at radius 1 is 1.53 bits per heavy atom. The van der Waals surface area contributed by atoms with Crippen molar-refractivity contribution in [3.8, 4) is 0 Å². The number of piperidine rings is 1. The zero-order valence-corrected chi connectivity index (χ0v) is 12.0. The third-order valence-corrected chi connectivity index (χ3v) is 4.96. The number of aromatic nitrogens is 1. The zero-order chi connectivity index (χ0) is 13.7. The molecule has 0 aliphatic carbocycles. The number of nitrogens with zero attached hydrogens (tertiary/aromatic N) is 1. The molecule has 6 heteroatoms. The third kappa shape index (κ3) is 4.56. The fourth-order valence-corrected chi connectivity index (χ4v) is 4.05. The maximum atomic E-state index is 12.1. The first-order chi connectivity index (χ1) is 9.07.